The van der Waals surface area contributed by atoms with Crippen LogP contribution in [0.25, 0.3) is 0 Å². The molecule has 4 nitrogen and oxygen atoms in total. The molecule has 4 N–H and O–H groups in total. The van der Waals surface area contributed by atoms with Gasteiger partial charge in [-0.2, -0.15) is 0 Å². The van der Waals surface area contributed by atoms with Crippen LogP contribution in [0.15, 0.2) is 12.7 Å². The molecule has 2 atom stereocenters. The van der Waals surface area contributed by atoms with Crippen LogP contribution < -0.4 is 11.5 Å². The molecule has 0 radical (unpaired) electrons. The summed E-state index contributed by atoms with van der Waals surface area (Å²) in [5.74, 6) is -1.24. The first-order valence-electron chi connectivity index (χ1n) is 5.25. The lowest BCUT2D eigenvalue weighted by Gasteiger charge is -2.20. The maximum Gasteiger partial charge on any atom is 0.221 e. The van der Waals surface area contributed by atoms with E-state index in [1.807, 2.05) is 0 Å². The second-order valence-corrected chi connectivity index (χ2v) is 4.22. The fourth-order valence-electron chi connectivity index (χ4n) is 1.85. The van der Waals surface area contributed by atoms with Gasteiger partial charge in [-0.25, -0.2) is 0 Å². The molecule has 0 aliphatic heterocycles. The number of hydrogen-bond acceptors (Lipinski definition) is 2. The Bertz CT molecular complexity index is 272. The molecular weight excluding hydrogens is 192 g/mol. The summed E-state index contributed by atoms with van der Waals surface area (Å²) in [7, 11) is 0. The lowest BCUT2D eigenvalue weighted by Crippen LogP contribution is -2.37. The van der Waals surface area contributed by atoms with Gasteiger partial charge in [0.2, 0.25) is 11.8 Å². The second-order valence-electron chi connectivity index (χ2n) is 4.22. The molecule has 1 fully saturated rings. The Morgan fingerprint density at radius 2 is 1.80 bits per heavy atom. The quantitative estimate of drug-likeness (QED) is 0.602. The number of allylic oxidation sites excluding steroid dienone is 1. The summed E-state index contributed by atoms with van der Waals surface area (Å²) in [4.78, 5) is 22.5. The van der Waals surface area contributed by atoms with E-state index in [1.165, 1.54) is 0 Å². The Kier molecular flexibility index (Phi) is 3.88. The van der Waals surface area contributed by atoms with E-state index in [2.05, 4.69) is 6.58 Å². The smallest absolute Gasteiger partial charge is 0.221 e. The molecular formula is C11H18N2O2. The third-order valence-electron chi connectivity index (χ3n) is 2.92. The predicted octanol–water partition coefficient (Wildman–Crippen LogP) is 0.566. The van der Waals surface area contributed by atoms with Crippen LogP contribution in [-0.4, -0.2) is 11.8 Å². The van der Waals surface area contributed by atoms with Gasteiger partial charge < -0.3 is 11.5 Å². The van der Waals surface area contributed by atoms with Crippen molar-refractivity contribution < 1.29 is 9.59 Å². The van der Waals surface area contributed by atoms with Crippen molar-refractivity contribution >= 4 is 11.8 Å². The summed E-state index contributed by atoms with van der Waals surface area (Å²) >= 11 is 0. The van der Waals surface area contributed by atoms with E-state index in [9.17, 15) is 9.59 Å². The number of hydrogen-bond donors (Lipinski definition) is 2. The molecule has 0 bridgehead atoms. The minimum atomic E-state index is -0.486. The fourth-order valence-corrected chi connectivity index (χ4v) is 1.85. The average Bonchev–Trinajstić information content (AvgIpc) is 2.93. The van der Waals surface area contributed by atoms with Gasteiger partial charge in [-0.3, -0.25) is 9.59 Å². The SMILES string of the molecule is C=CCC(C(N)=O)C(CC1CC1)C(N)=O. The first kappa shape index (κ1) is 11.8. The third kappa shape index (κ3) is 3.38. The zero-order chi connectivity index (χ0) is 11.4. The van der Waals surface area contributed by atoms with Crippen molar-refractivity contribution in [1.29, 1.82) is 0 Å². The highest BCUT2D eigenvalue weighted by atomic mass is 16.2. The van der Waals surface area contributed by atoms with Gasteiger partial charge in [-0.15, -0.1) is 6.58 Å². The van der Waals surface area contributed by atoms with Crippen molar-refractivity contribution in [3.63, 3.8) is 0 Å². The lowest BCUT2D eigenvalue weighted by molar-refractivity contribution is -0.131. The second kappa shape index (κ2) is 4.96. The highest BCUT2D eigenvalue weighted by Crippen LogP contribution is 2.38. The minimum absolute atomic E-state index is 0.423. The van der Waals surface area contributed by atoms with Crippen molar-refractivity contribution in [2.24, 2.45) is 29.2 Å². The molecule has 2 unspecified atom stereocenters. The Morgan fingerprint density at radius 1 is 1.27 bits per heavy atom. The molecule has 1 saturated carbocycles. The van der Waals surface area contributed by atoms with E-state index < -0.39 is 23.7 Å². The van der Waals surface area contributed by atoms with E-state index in [1.54, 1.807) is 6.08 Å². The largest absolute Gasteiger partial charge is 0.369 e. The van der Waals surface area contributed by atoms with Gasteiger partial charge in [-0.05, 0) is 18.8 Å². The molecule has 1 aliphatic carbocycles. The minimum Gasteiger partial charge on any atom is -0.369 e. The molecule has 4 heteroatoms. The summed E-state index contributed by atoms with van der Waals surface area (Å²) in [6, 6.07) is 0. The van der Waals surface area contributed by atoms with Gasteiger partial charge in [0.25, 0.3) is 0 Å². The van der Waals surface area contributed by atoms with Crippen LogP contribution in [0.4, 0.5) is 0 Å². The maximum absolute atomic E-state index is 11.3. The van der Waals surface area contributed by atoms with E-state index in [0.717, 1.165) is 12.8 Å². The Labute approximate surface area is 89.7 Å². The van der Waals surface area contributed by atoms with Crippen molar-refractivity contribution in [1.82, 2.24) is 0 Å². The number of carbonyl (C=O) groups excluding carboxylic acids is 2. The Morgan fingerprint density at radius 3 is 2.13 bits per heavy atom. The van der Waals surface area contributed by atoms with Gasteiger partial charge in [0.15, 0.2) is 0 Å². The van der Waals surface area contributed by atoms with E-state index in [4.69, 9.17) is 11.5 Å². The van der Waals surface area contributed by atoms with Crippen LogP contribution in [-0.2, 0) is 9.59 Å². The first-order chi connectivity index (χ1) is 7.06. The Hall–Kier alpha value is -1.32. The summed E-state index contributed by atoms with van der Waals surface area (Å²) in [5.41, 5.74) is 10.6. The summed E-state index contributed by atoms with van der Waals surface area (Å²) < 4.78 is 0. The number of nitrogens with two attached hydrogens (primary N) is 2. The van der Waals surface area contributed by atoms with Gasteiger partial charge in [0.05, 0.1) is 5.92 Å². The van der Waals surface area contributed by atoms with Crippen molar-refractivity contribution in [2.75, 3.05) is 0 Å². The summed E-state index contributed by atoms with van der Waals surface area (Å²) in [6.07, 6.45) is 4.98. The normalized spacial score (nSPS) is 19.2. The van der Waals surface area contributed by atoms with E-state index >= 15 is 0 Å². The van der Waals surface area contributed by atoms with Crippen LogP contribution in [0.2, 0.25) is 0 Å². The van der Waals surface area contributed by atoms with Gasteiger partial charge in [-0.1, -0.05) is 18.9 Å². The summed E-state index contributed by atoms with van der Waals surface area (Å²) in [5, 5.41) is 0. The molecule has 1 rings (SSSR count). The summed E-state index contributed by atoms with van der Waals surface area (Å²) in [6.45, 7) is 3.56. The molecule has 15 heavy (non-hydrogen) atoms. The van der Waals surface area contributed by atoms with Crippen LogP contribution in [0.5, 0.6) is 0 Å². The number of carbonyl (C=O) groups is 2. The zero-order valence-corrected chi connectivity index (χ0v) is 8.82. The first-order valence-corrected chi connectivity index (χ1v) is 5.25. The van der Waals surface area contributed by atoms with Crippen LogP contribution in [0, 0.1) is 17.8 Å². The Balaban J connectivity index is 2.67. The topological polar surface area (TPSA) is 86.2 Å². The highest BCUT2D eigenvalue weighted by molar-refractivity contribution is 5.86. The maximum atomic E-state index is 11.3. The van der Waals surface area contributed by atoms with Crippen molar-refractivity contribution in [2.45, 2.75) is 25.7 Å². The molecule has 84 valence electrons. The van der Waals surface area contributed by atoms with Gasteiger partial charge >= 0.3 is 0 Å². The van der Waals surface area contributed by atoms with Crippen molar-refractivity contribution in [3.8, 4) is 0 Å². The highest BCUT2D eigenvalue weighted by Gasteiger charge is 2.35. The molecule has 0 spiro atoms. The standard InChI is InChI=1S/C11H18N2O2/c1-2-3-8(10(12)14)9(11(13)15)6-7-4-5-7/h2,7-9H,1,3-6H2,(H2,12,14)(H2,13,15). The van der Waals surface area contributed by atoms with Gasteiger partial charge in [0, 0.05) is 5.92 Å². The number of amides is 2. The molecule has 0 heterocycles. The molecule has 0 aromatic carbocycles. The van der Waals surface area contributed by atoms with Crippen LogP contribution in [0.1, 0.15) is 25.7 Å². The van der Waals surface area contributed by atoms with E-state index in [-0.39, 0.29) is 0 Å². The average molecular weight is 210 g/mol. The fraction of sp³-hybridized carbons (Fsp3) is 0.636. The number of primary amides is 2. The molecule has 1 aliphatic rings. The van der Waals surface area contributed by atoms with Crippen LogP contribution >= 0.6 is 0 Å². The molecule has 0 aromatic rings. The molecule has 0 saturated heterocycles. The van der Waals surface area contributed by atoms with E-state index in [0.29, 0.717) is 18.8 Å². The lowest BCUT2D eigenvalue weighted by atomic mass is 9.84. The predicted molar refractivity (Wildman–Crippen MR) is 57.5 cm³/mol. The number of rotatable bonds is 7. The third-order valence-corrected chi connectivity index (χ3v) is 2.92. The molecule has 0 aromatic heterocycles. The monoisotopic (exact) mass is 210 g/mol. The van der Waals surface area contributed by atoms with Gasteiger partial charge in [0.1, 0.15) is 0 Å². The zero-order valence-electron chi connectivity index (χ0n) is 8.82. The van der Waals surface area contributed by atoms with Crippen molar-refractivity contribution in [3.05, 3.63) is 12.7 Å². The molecule has 2 amide bonds. The van der Waals surface area contributed by atoms with Crippen LogP contribution in [0.3, 0.4) is 0 Å².